The molecule has 114 valence electrons. The van der Waals surface area contributed by atoms with Crippen LogP contribution in [0, 0.1) is 6.92 Å². The van der Waals surface area contributed by atoms with Crippen LogP contribution >= 0.6 is 0 Å². The van der Waals surface area contributed by atoms with Crippen molar-refractivity contribution < 1.29 is 9.15 Å². The van der Waals surface area contributed by atoms with Crippen molar-refractivity contribution in [1.82, 2.24) is 15.5 Å². The highest BCUT2D eigenvalue weighted by Crippen LogP contribution is 2.15. The van der Waals surface area contributed by atoms with Gasteiger partial charge in [-0.1, -0.05) is 29.4 Å². The average molecular weight is 290 g/mol. The van der Waals surface area contributed by atoms with Crippen molar-refractivity contribution in [3.63, 3.8) is 0 Å². The van der Waals surface area contributed by atoms with E-state index in [0.717, 1.165) is 13.1 Å². The molecule has 21 heavy (non-hydrogen) atoms. The van der Waals surface area contributed by atoms with Gasteiger partial charge in [-0.2, -0.15) is 0 Å². The van der Waals surface area contributed by atoms with Gasteiger partial charge in [0.15, 0.2) is 0 Å². The van der Waals surface area contributed by atoms with Gasteiger partial charge >= 0.3 is 6.01 Å². The standard InChI is InChI=1S/C15H22N4O2/c1-12-6-4-5-7-13(12)11-19(2)15-18-17-14(21-15)10-16-8-9-20-3/h4-7,16H,8-11H2,1-3H3. The smallest absolute Gasteiger partial charge is 0.318 e. The first-order valence-corrected chi connectivity index (χ1v) is 6.98. The van der Waals surface area contributed by atoms with Gasteiger partial charge < -0.3 is 19.4 Å². The van der Waals surface area contributed by atoms with Crippen molar-refractivity contribution in [2.75, 3.05) is 32.2 Å². The Morgan fingerprint density at radius 3 is 2.86 bits per heavy atom. The highest BCUT2D eigenvalue weighted by atomic mass is 16.5. The lowest BCUT2D eigenvalue weighted by Crippen LogP contribution is -2.18. The van der Waals surface area contributed by atoms with Crippen LogP contribution in [0.25, 0.3) is 0 Å². The van der Waals surface area contributed by atoms with Gasteiger partial charge in [0.2, 0.25) is 5.89 Å². The third-order valence-corrected chi connectivity index (χ3v) is 3.21. The molecule has 0 bridgehead atoms. The summed E-state index contributed by atoms with van der Waals surface area (Å²) in [6, 6.07) is 8.81. The quantitative estimate of drug-likeness (QED) is 0.747. The van der Waals surface area contributed by atoms with Crippen molar-refractivity contribution >= 4 is 6.01 Å². The maximum Gasteiger partial charge on any atom is 0.318 e. The molecule has 2 aromatic rings. The molecule has 1 aromatic carbocycles. The van der Waals surface area contributed by atoms with Crippen molar-refractivity contribution in [3.8, 4) is 0 Å². The molecule has 0 unspecified atom stereocenters. The van der Waals surface area contributed by atoms with E-state index in [1.165, 1.54) is 11.1 Å². The van der Waals surface area contributed by atoms with Crippen molar-refractivity contribution in [2.45, 2.75) is 20.0 Å². The molecule has 0 saturated heterocycles. The monoisotopic (exact) mass is 290 g/mol. The van der Waals surface area contributed by atoms with Crippen molar-refractivity contribution in [2.24, 2.45) is 0 Å². The first kappa shape index (κ1) is 15.5. The number of nitrogens with zero attached hydrogens (tertiary/aromatic N) is 3. The Hall–Kier alpha value is -1.92. The van der Waals surface area contributed by atoms with Crippen LogP contribution in [0.2, 0.25) is 0 Å². The lowest BCUT2D eigenvalue weighted by molar-refractivity contribution is 0.198. The first-order chi connectivity index (χ1) is 10.2. The van der Waals surface area contributed by atoms with Crippen LogP contribution in [-0.4, -0.2) is 37.5 Å². The van der Waals surface area contributed by atoms with Gasteiger partial charge in [0.25, 0.3) is 0 Å². The zero-order valence-electron chi connectivity index (χ0n) is 12.8. The van der Waals surface area contributed by atoms with Crippen LogP contribution in [0.15, 0.2) is 28.7 Å². The lowest BCUT2D eigenvalue weighted by Gasteiger charge is -2.15. The van der Waals surface area contributed by atoms with Gasteiger partial charge in [0, 0.05) is 27.2 Å². The van der Waals surface area contributed by atoms with Gasteiger partial charge in [-0.3, -0.25) is 0 Å². The molecule has 6 nitrogen and oxygen atoms in total. The average Bonchev–Trinajstić information content (AvgIpc) is 2.95. The number of rotatable bonds is 8. The van der Waals surface area contributed by atoms with Gasteiger partial charge in [-0.05, 0) is 18.1 Å². The number of anilines is 1. The molecule has 0 atom stereocenters. The fourth-order valence-corrected chi connectivity index (χ4v) is 1.95. The van der Waals surface area contributed by atoms with E-state index in [1.54, 1.807) is 7.11 Å². The van der Waals surface area contributed by atoms with E-state index in [4.69, 9.17) is 9.15 Å². The zero-order chi connectivity index (χ0) is 15.1. The zero-order valence-corrected chi connectivity index (χ0v) is 12.8. The lowest BCUT2D eigenvalue weighted by atomic mass is 10.1. The van der Waals surface area contributed by atoms with Crippen LogP contribution in [0.3, 0.4) is 0 Å². The van der Waals surface area contributed by atoms with Gasteiger partial charge in [0.1, 0.15) is 0 Å². The fraction of sp³-hybridized carbons (Fsp3) is 0.467. The predicted octanol–water partition coefficient (Wildman–Crippen LogP) is 1.75. The Kier molecular flexibility index (Phi) is 5.71. The molecule has 0 amide bonds. The molecule has 0 aliphatic heterocycles. The van der Waals surface area contributed by atoms with Crippen molar-refractivity contribution in [1.29, 1.82) is 0 Å². The summed E-state index contributed by atoms with van der Waals surface area (Å²) >= 11 is 0. The Balaban J connectivity index is 1.90. The normalized spacial score (nSPS) is 10.8. The fourth-order valence-electron chi connectivity index (χ4n) is 1.95. The molecular formula is C15H22N4O2. The van der Waals surface area contributed by atoms with Gasteiger partial charge in [0.05, 0.1) is 13.2 Å². The molecule has 0 saturated carbocycles. The predicted molar refractivity (Wildman–Crippen MR) is 81.2 cm³/mol. The molecule has 0 aliphatic rings. The minimum absolute atomic E-state index is 0.529. The number of aromatic nitrogens is 2. The maximum absolute atomic E-state index is 5.64. The number of aryl methyl sites for hydroxylation is 1. The van der Waals surface area contributed by atoms with Gasteiger partial charge in [-0.25, -0.2) is 0 Å². The summed E-state index contributed by atoms with van der Waals surface area (Å²) in [6.45, 7) is 4.81. The summed E-state index contributed by atoms with van der Waals surface area (Å²) in [6.07, 6.45) is 0. The molecular weight excluding hydrogens is 268 g/mol. The Morgan fingerprint density at radius 1 is 1.29 bits per heavy atom. The number of nitrogens with one attached hydrogen (secondary N) is 1. The molecule has 0 spiro atoms. The van der Waals surface area contributed by atoms with E-state index < -0.39 is 0 Å². The summed E-state index contributed by atoms with van der Waals surface area (Å²) in [5.74, 6) is 0.581. The Labute approximate surface area is 125 Å². The van der Waals surface area contributed by atoms with E-state index in [1.807, 2.05) is 24.1 Å². The van der Waals surface area contributed by atoms with Crippen LogP contribution in [0.5, 0.6) is 0 Å². The number of ether oxygens (including phenoxy) is 1. The van der Waals surface area contributed by atoms with Crippen LogP contribution in [0.1, 0.15) is 17.0 Å². The first-order valence-electron chi connectivity index (χ1n) is 6.98. The molecule has 2 rings (SSSR count). The number of hydrogen-bond donors (Lipinski definition) is 1. The maximum atomic E-state index is 5.64. The van der Waals surface area contributed by atoms with Gasteiger partial charge in [-0.15, -0.1) is 5.10 Å². The highest BCUT2D eigenvalue weighted by molar-refractivity contribution is 5.31. The Morgan fingerprint density at radius 2 is 2.10 bits per heavy atom. The van der Waals surface area contributed by atoms with E-state index in [9.17, 15) is 0 Å². The van der Waals surface area contributed by atoms with E-state index in [-0.39, 0.29) is 0 Å². The van der Waals surface area contributed by atoms with Crippen LogP contribution in [-0.2, 0) is 17.8 Å². The van der Waals surface area contributed by atoms with Crippen molar-refractivity contribution in [3.05, 3.63) is 41.3 Å². The second-order valence-corrected chi connectivity index (χ2v) is 4.93. The molecule has 0 fully saturated rings. The second-order valence-electron chi connectivity index (χ2n) is 4.93. The minimum atomic E-state index is 0.529. The molecule has 1 heterocycles. The second kappa shape index (κ2) is 7.75. The Bertz CT molecular complexity index is 556. The minimum Gasteiger partial charge on any atom is -0.407 e. The number of hydrogen-bond acceptors (Lipinski definition) is 6. The largest absolute Gasteiger partial charge is 0.407 e. The van der Waals surface area contributed by atoms with E-state index in [2.05, 4.69) is 34.6 Å². The molecule has 1 N–H and O–H groups in total. The molecule has 6 heteroatoms. The third kappa shape index (κ3) is 4.54. The molecule has 0 aliphatic carbocycles. The van der Waals surface area contributed by atoms with Crippen LogP contribution < -0.4 is 10.2 Å². The summed E-state index contributed by atoms with van der Waals surface area (Å²) in [5, 5.41) is 11.3. The molecule has 0 radical (unpaired) electrons. The molecule has 1 aromatic heterocycles. The SMILES string of the molecule is COCCNCc1nnc(N(C)Cc2ccccc2C)o1. The highest BCUT2D eigenvalue weighted by Gasteiger charge is 2.11. The summed E-state index contributed by atoms with van der Waals surface area (Å²) in [5.41, 5.74) is 2.50. The number of methoxy groups -OCH3 is 1. The summed E-state index contributed by atoms with van der Waals surface area (Å²) < 4.78 is 10.6. The number of benzene rings is 1. The third-order valence-electron chi connectivity index (χ3n) is 3.21. The van der Waals surface area contributed by atoms with Crippen LogP contribution in [0.4, 0.5) is 6.01 Å². The van der Waals surface area contributed by atoms with E-state index >= 15 is 0 Å². The topological polar surface area (TPSA) is 63.4 Å². The summed E-state index contributed by atoms with van der Waals surface area (Å²) in [7, 11) is 3.62. The summed E-state index contributed by atoms with van der Waals surface area (Å²) in [4.78, 5) is 1.95. The van der Waals surface area contributed by atoms with E-state index in [0.29, 0.717) is 25.1 Å².